The van der Waals surface area contributed by atoms with Gasteiger partial charge in [0.15, 0.2) is 0 Å². The predicted molar refractivity (Wildman–Crippen MR) is 123 cm³/mol. The summed E-state index contributed by atoms with van der Waals surface area (Å²) in [6.07, 6.45) is -4.93. The van der Waals surface area contributed by atoms with Gasteiger partial charge in [-0.1, -0.05) is 30.3 Å². The first-order chi connectivity index (χ1) is 15.8. The van der Waals surface area contributed by atoms with Crippen molar-refractivity contribution in [2.45, 2.75) is 20.2 Å². The van der Waals surface area contributed by atoms with Crippen molar-refractivity contribution in [3.63, 3.8) is 0 Å². The summed E-state index contributed by atoms with van der Waals surface area (Å²) in [7, 11) is -4.12. The van der Waals surface area contributed by atoms with E-state index < -0.39 is 33.5 Å². The molecule has 0 aliphatic heterocycles. The van der Waals surface area contributed by atoms with E-state index in [0.29, 0.717) is 4.21 Å². The van der Waals surface area contributed by atoms with Crippen molar-refractivity contribution in [1.29, 1.82) is 0 Å². The van der Waals surface area contributed by atoms with E-state index in [1.807, 2.05) is 0 Å². The molecule has 3 aromatic rings. The van der Waals surface area contributed by atoms with Crippen LogP contribution < -0.4 is 5.73 Å². The van der Waals surface area contributed by atoms with Crippen LogP contribution >= 0.6 is 23.1 Å². The van der Waals surface area contributed by atoms with Crippen molar-refractivity contribution in [3.05, 3.63) is 65.0 Å². The zero-order valence-corrected chi connectivity index (χ0v) is 19.6. The lowest BCUT2D eigenvalue weighted by Gasteiger charge is -2.09. The summed E-state index contributed by atoms with van der Waals surface area (Å²) in [5, 5.41) is 8.78. The van der Waals surface area contributed by atoms with Crippen molar-refractivity contribution in [1.82, 2.24) is 0 Å². The summed E-state index contributed by atoms with van der Waals surface area (Å²) >= 11 is 2.08. The topological polar surface area (TPSA) is 127 Å². The Morgan fingerprint density at radius 2 is 1.68 bits per heavy atom. The number of hydrogen-bond acceptors (Lipinski definition) is 6. The van der Waals surface area contributed by atoms with Crippen LogP contribution in [0, 0.1) is 0 Å². The number of benzene rings is 2. The van der Waals surface area contributed by atoms with Gasteiger partial charge < -0.3 is 10.8 Å². The largest absolute Gasteiger partial charge is 0.463 e. The molecular weight excluding hydrogens is 513 g/mol. The smallest absolute Gasteiger partial charge is 0.454 e. The molecule has 13 heteroatoms. The fraction of sp³-hybridized carbons (Fsp3) is 0.0952. The molecule has 178 valence electrons. The summed E-state index contributed by atoms with van der Waals surface area (Å²) in [5.41, 5.74) is 5.59. The van der Waals surface area contributed by atoms with Crippen LogP contribution in [-0.2, 0) is 9.84 Å². The van der Waals surface area contributed by atoms with Gasteiger partial charge in [0.25, 0.3) is 5.78 Å². The average Bonchev–Trinajstić information content (AvgIpc) is 3.23. The third-order valence-electron chi connectivity index (χ3n) is 4.47. The third kappa shape index (κ3) is 5.32. The maximum Gasteiger partial charge on any atom is 0.454 e. The van der Waals surface area contributed by atoms with Crippen LogP contribution in [0.25, 0.3) is 11.1 Å². The minimum Gasteiger partial charge on any atom is -0.463 e. The molecule has 1 aromatic heterocycles. The molecule has 0 saturated carbocycles. The van der Waals surface area contributed by atoms with E-state index in [-0.39, 0.29) is 31.6 Å². The standard InChI is InChI=1S/C21H15F3N2O5S3/c1-32-19-16(10-15(33-19)18(25)26-20(28)29)34(30,31)14-7-3-5-12(9-14)11-4-2-6-13(8-11)17(27)21(22,23)24/h2-10H,1H3,(H2,25,26)(H,28,29). The van der Waals surface area contributed by atoms with Gasteiger partial charge in [-0.2, -0.15) is 18.2 Å². The van der Waals surface area contributed by atoms with E-state index in [0.717, 1.165) is 35.2 Å². The molecule has 0 fully saturated rings. The maximum absolute atomic E-state index is 13.4. The number of ketones is 1. The fourth-order valence-electron chi connectivity index (χ4n) is 2.94. The third-order valence-corrected chi connectivity index (χ3v) is 8.80. The minimum atomic E-state index is -5.04. The number of carbonyl (C=O) groups excluding carboxylic acids is 1. The molecule has 0 unspecified atom stereocenters. The summed E-state index contributed by atoms with van der Waals surface area (Å²) in [6.45, 7) is 0. The number of alkyl halides is 3. The fourth-order valence-corrected chi connectivity index (χ4v) is 6.89. The van der Waals surface area contributed by atoms with E-state index in [1.165, 1.54) is 42.5 Å². The highest BCUT2D eigenvalue weighted by Gasteiger charge is 2.39. The molecular formula is C21H15F3N2O5S3. The van der Waals surface area contributed by atoms with Gasteiger partial charge in [-0.15, -0.1) is 23.1 Å². The van der Waals surface area contributed by atoms with Gasteiger partial charge in [-0.3, -0.25) is 4.79 Å². The van der Waals surface area contributed by atoms with Gasteiger partial charge in [-0.25, -0.2) is 13.2 Å². The number of carboxylic acid groups (broad SMARTS) is 1. The number of aliphatic imine (C=N–C) groups is 1. The summed E-state index contributed by atoms with van der Waals surface area (Å²) in [4.78, 5) is 25.5. The molecule has 3 N–H and O–H groups in total. The van der Waals surface area contributed by atoms with Crippen LogP contribution in [0.15, 0.2) is 73.6 Å². The molecule has 0 bridgehead atoms. The number of amides is 1. The lowest BCUT2D eigenvalue weighted by Crippen LogP contribution is -2.22. The number of halogens is 3. The first-order valence-electron chi connectivity index (χ1n) is 9.17. The number of thiophene rings is 1. The Labute approximate surface area is 200 Å². The highest BCUT2D eigenvalue weighted by atomic mass is 32.2. The Morgan fingerprint density at radius 3 is 2.26 bits per heavy atom. The van der Waals surface area contributed by atoms with Crippen molar-refractivity contribution in [2.24, 2.45) is 10.7 Å². The SMILES string of the molecule is CSc1sc(/C(N)=N\C(=O)O)cc1S(=O)(=O)c1cccc(-c2cccc(C(=O)C(F)(F)F)c2)c1. The zero-order valence-electron chi connectivity index (χ0n) is 17.2. The highest BCUT2D eigenvalue weighted by Crippen LogP contribution is 2.38. The average molecular weight is 529 g/mol. The molecule has 1 amide bonds. The lowest BCUT2D eigenvalue weighted by molar-refractivity contribution is -0.0885. The van der Waals surface area contributed by atoms with Crippen molar-refractivity contribution in [2.75, 3.05) is 6.26 Å². The second-order valence-electron chi connectivity index (χ2n) is 6.69. The molecule has 0 radical (unpaired) electrons. The quantitative estimate of drug-likeness (QED) is 0.197. The Balaban J connectivity index is 2.06. The van der Waals surface area contributed by atoms with Crippen molar-refractivity contribution in [3.8, 4) is 11.1 Å². The lowest BCUT2D eigenvalue weighted by atomic mass is 10.0. The van der Waals surface area contributed by atoms with Crippen LogP contribution in [-0.4, -0.2) is 43.7 Å². The molecule has 0 saturated heterocycles. The first kappa shape index (κ1) is 25.5. The normalized spacial score (nSPS) is 12.5. The van der Waals surface area contributed by atoms with Gasteiger partial charge in [-0.05, 0) is 41.6 Å². The number of amidine groups is 1. The van der Waals surface area contributed by atoms with E-state index in [1.54, 1.807) is 6.26 Å². The second kappa shape index (κ2) is 9.60. The van der Waals surface area contributed by atoms with E-state index in [2.05, 4.69) is 4.99 Å². The minimum absolute atomic E-state index is 0.110. The van der Waals surface area contributed by atoms with E-state index >= 15 is 0 Å². The summed E-state index contributed by atoms with van der Waals surface area (Å²) in [5.74, 6) is -2.36. The Morgan fingerprint density at radius 1 is 1.06 bits per heavy atom. The number of thioether (sulfide) groups is 1. The van der Waals surface area contributed by atoms with Crippen LogP contribution in [0.3, 0.4) is 0 Å². The molecule has 0 aliphatic rings. The molecule has 0 atom stereocenters. The monoisotopic (exact) mass is 528 g/mol. The van der Waals surface area contributed by atoms with Gasteiger partial charge in [0, 0.05) is 5.56 Å². The number of carbonyl (C=O) groups is 2. The van der Waals surface area contributed by atoms with Crippen molar-refractivity contribution < 1.29 is 36.3 Å². The van der Waals surface area contributed by atoms with Crippen molar-refractivity contribution >= 4 is 50.6 Å². The maximum atomic E-state index is 13.4. The van der Waals surface area contributed by atoms with Crippen LogP contribution in [0.4, 0.5) is 18.0 Å². The molecule has 0 spiro atoms. The predicted octanol–water partition coefficient (Wildman–Crippen LogP) is 5.10. The number of hydrogen-bond donors (Lipinski definition) is 2. The molecule has 1 heterocycles. The summed E-state index contributed by atoms with van der Waals surface area (Å²) in [6, 6.07) is 11.6. The number of nitrogens with two attached hydrogens (primary N) is 1. The molecule has 34 heavy (non-hydrogen) atoms. The molecule has 3 rings (SSSR count). The number of rotatable bonds is 6. The number of sulfone groups is 1. The Hall–Kier alpha value is -3.16. The van der Waals surface area contributed by atoms with E-state index in [9.17, 15) is 31.2 Å². The molecule has 7 nitrogen and oxygen atoms in total. The first-order valence-corrected chi connectivity index (χ1v) is 12.7. The van der Waals surface area contributed by atoms with Gasteiger partial charge >= 0.3 is 12.3 Å². The van der Waals surface area contributed by atoms with Gasteiger partial charge in [0.2, 0.25) is 9.84 Å². The highest BCUT2D eigenvalue weighted by molar-refractivity contribution is 8.01. The number of nitrogens with zero attached hydrogens (tertiary/aromatic N) is 1. The zero-order chi connectivity index (χ0) is 25.3. The molecule has 0 aliphatic carbocycles. The second-order valence-corrected chi connectivity index (χ2v) is 10.7. The molecule has 2 aromatic carbocycles. The Bertz CT molecular complexity index is 1410. The van der Waals surface area contributed by atoms with Crippen LogP contribution in [0.5, 0.6) is 0 Å². The van der Waals surface area contributed by atoms with Crippen LogP contribution in [0.2, 0.25) is 0 Å². The number of Topliss-reactive ketones (excluding diaryl/α,β-unsaturated/α-hetero) is 1. The van der Waals surface area contributed by atoms with Crippen LogP contribution in [0.1, 0.15) is 15.2 Å². The van der Waals surface area contributed by atoms with Gasteiger partial charge in [0.1, 0.15) is 5.84 Å². The van der Waals surface area contributed by atoms with E-state index in [4.69, 9.17) is 10.8 Å². The summed E-state index contributed by atoms with van der Waals surface area (Å²) < 4.78 is 65.5. The Kier molecular flexibility index (Phi) is 7.19. The van der Waals surface area contributed by atoms with Gasteiger partial charge in [0.05, 0.1) is 18.9 Å².